The summed E-state index contributed by atoms with van der Waals surface area (Å²) in [5, 5.41) is 13.3. The van der Waals surface area contributed by atoms with E-state index in [9.17, 15) is 9.90 Å². The molecule has 1 fully saturated rings. The van der Waals surface area contributed by atoms with Crippen LogP contribution in [0.5, 0.6) is 17.2 Å². The Bertz CT molecular complexity index is 1740. The molecule has 3 heterocycles. The van der Waals surface area contributed by atoms with Gasteiger partial charge in [-0.2, -0.15) is 0 Å². The molecule has 3 aromatic carbocycles. The minimum Gasteiger partial charge on any atom is -0.497 e. The molecule has 6 rings (SSSR count). The topological polar surface area (TPSA) is 97.1 Å². The summed E-state index contributed by atoms with van der Waals surface area (Å²) in [7, 11) is 1.63. The number of hydrogen-bond acceptors (Lipinski definition) is 6. The van der Waals surface area contributed by atoms with Crippen LogP contribution in [-0.4, -0.2) is 28.3 Å². The van der Waals surface area contributed by atoms with Gasteiger partial charge in [0.1, 0.15) is 34.8 Å². The zero-order valence-electron chi connectivity index (χ0n) is 22.9. The number of thiocarbonyl (C=S) groups is 1. The van der Waals surface area contributed by atoms with Gasteiger partial charge in [0.15, 0.2) is 5.11 Å². The molecular weight excluding hydrogens is 550 g/mol. The Labute approximate surface area is 248 Å². The number of aryl methyl sites for hydroxylation is 1. The maximum absolute atomic E-state index is 11.4. The summed E-state index contributed by atoms with van der Waals surface area (Å²) in [6, 6.07) is 29.1. The maximum Gasteiger partial charge on any atom is 0.335 e. The number of methoxy groups -OCH3 is 1. The largest absolute Gasteiger partial charge is 0.497 e. The van der Waals surface area contributed by atoms with Crippen molar-refractivity contribution >= 4 is 29.0 Å². The molecule has 8 nitrogen and oxygen atoms in total. The number of furan rings is 1. The van der Waals surface area contributed by atoms with Gasteiger partial charge < -0.3 is 29.2 Å². The van der Waals surface area contributed by atoms with E-state index in [-0.39, 0.29) is 17.6 Å². The average Bonchev–Trinajstić information content (AvgIpc) is 3.63. The zero-order valence-corrected chi connectivity index (χ0v) is 23.7. The van der Waals surface area contributed by atoms with Crippen LogP contribution >= 0.6 is 12.2 Å². The van der Waals surface area contributed by atoms with Crippen LogP contribution < -0.4 is 19.7 Å². The van der Waals surface area contributed by atoms with Gasteiger partial charge in [-0.1, -0.05) is 12.1 Å². The van der Waals surface area contributed by atoms with E-state index in [1.54, 1.807) is 31.5 Å². The molecule has 42 heavy (non-hydrogen) atoms. The van der Waals surface area contributed by atoms with E-state index < -0.39 is 5.97 Å². The highest BCUT2D eigenvalue weighted by Gasteiger charge is 2.42. The minimum absolute atomic E-state index is 0.231. The van der Waals surface area contributed by atoms with Crippen molar-refractivity contribution in [2.75, 3.05) is 12.0 Å². The predicted octanol–water partition coefficient (Wildman–Crippen LogP) is 7.33. The van der Waals surface area contributed by atoms with Gasteiger partial charge in [-0.3, -0.25) is 4.98 Å². The van der Waals surface area contributed by atoms with Crippen LogP contribution in [0.15, 0.2) is 108 Å². The molecule has 9 heteroatoms. The lowest BCUT2D eigenvalue weighted by atomic mass is 10.0. The Morgan fingerprint density at radius 3 is 2.31 bits per heavy atom. The van der Waals surface area contributed by atoms with E-state index in [0.717, 1.165) is 28.3 Å². The fourth-order valence-electron chi connectivity index (χ4n) is 5.11. The Morgan fingerprint density at radius 2 is 1.67 bits per heavy atom. The van der Waals surface area contributed by atoms with Gasteiger partial charge in [0.25, 0.3) is 0 Å². The summed E-state index contributed by atoms with van der Waals surface area (Å²) >= 11 is 5.84. The summed E-state index contributed by atoms with van der Waals surface area (Å²) in [5.74, 6) is 2.50. The summed E-state index contributed by atoms with van der Waals surface area (Å²) in [4.78, 5) is 18.0. The summed E-state index contributed by atoms with van der Waals surface area (Å²) < 4.78 is 17.7. The Morgan fingerprint density at radius 1 is 0.952 bits per heavy atom. The van der Waals surface area contributed by atoms with Crippen molar-refractivity contribution in [1.29, 1.82) is 0 Å². The number of anilines is 1. The lowest BCUT2D eigenvalue weighted by Gasteiger charge is -2.26. The van der Waals surface area contributed by atoms with Crippen LogP contribution in [-0.2, 0) is 0 Å². The first kappa shape index (κ1) is 27.0. The third kappa shape index (κ3) is 5.29. The lowest BCUT2D eigenvalue weighted by molar-refractivity contribution is 0.0696. The molecule has 0 aliphatic carbocycles. The van der Waals surface area contributed by atoms with E-state index in [4.69, 9.17) is 26.1 Å². The number of aromatic nitrogens is 1. The second-order valence-corrected chi connectivity index (χ2v) is 10.2. The number of pyridine rings is 1. The molecule has 2 N–H and O–H groups in total. The second kappa shape index (κ2) is 11.4. The van der Waals surface area contributed by atoms with Gasteiger partial charge in [0, 0.05) is 17.4 Å². The van der Waals surface area contributed by atoms with Crippen molar-refractivity contribution in [2.24, 2.45) is 0 Å². The molecule has 1 saturated heterocycles. The smallest absolute Gasteiger partial charge is 0.335 e. The lowest BCUT2D eigenvalue weighted by Crippen LogP contribution is -2.29. The van der Waals surface area contributed by atoms with E-state index >= 15 is 0 Å². The number of carboxylic acid groups (broad SMARTS) is 1. The second-order valence-electron chi connectivity index (χ2n) is 9.80. The van der Waals surface area contributed by atoms with E-state index in [1.807, 2.05) is 90.7 Å². The third-order valence-electron chi connectivity index (χ3n) is 7.17. The zero-order chi connectivity index (χ0) is 29.2. The molecule has 0 saturated carbocycles. The fraction of sp³-hybridized carbons (Fsp3) is 0.121. The summed E-state index contributed by atoms with van der Waals surface area (Å²) in [6.45, 7) is 1.87. The average molecular weight is 578 g/mol. The molecule has 1 aliphatic rings. The molecule has 0 radical (unpaired) electrons. The standard InChI is InChI=1S/C33H27N3O5S/c1-20-19-21(32(37)38)6-15-26(20)28-16-17-29(41-28)31-30(27-5-3-4-18-34-27)35-33(42)36(31)22-7-9-24(10-8-22)40-25-13-11-23(39-2)12-14-25/h3-19,30-31H,1-2H3,(H,35,42)(H,37,38)/t30-,31-/m1/s1. The molecular formula is C33H27N3O5S. The normalized spacial score (nSPS) is 16.2. The maximum atomic E-state index is 11.4. The van der Waals surface area contributed by atoms with E-state index in [0.29, 0.717) is 28.1 Å². The number of rotatable bonds is 8. The van der Waals surface area contributed by atoms with Gasteiger partial charge in [-0.15, -0.1) is 0 Å². The highest BCUT2D eigenvalue weighted by atomic mass is 32.1. The van der Waals surface area contributed by atoms with E-state index in [1.165, 1.54) is 0 Å². The van der Waals surface area contributed by atoms with Crippen molar-refractivity contribution in [1.82, 2.24) is 10.3 Å². The predicted molar refractivity (Wildman–Crippen MR) is 163 cm³/mol. The highest BCUT2D eigenvalue weighted by Crippen LogP contribution is 2.43. The number of nitrogens with one attached hydrogen (secondary N) is 1. The fourth-order valence-corrected chi connectivity index (χ4v) is 5.45. The van der Waals surface area contributed by atoms with Crippen LogP contribution in [0.3, 0.4) is 0 Å². The SMILES string of the molecule is COc1ccc(Oc2ccc(N3C(=S)N[C@H](c4ccccn4)[C@H]3c3ccc(-c4ccc(C(=O)O)cc4C)o3)cc2)cc1. The Balaban J connectivity index is 1.33. The molecule has 1 aliphatic heterocycles. The molecule has 0 amide bonds. The summed E-state index contributed by atoms with van der Waals surface area (Å²) in [6.07, 6.45) is 1.76. The quantitative estimate of drug-likeness (QED) is 0.184. The van der Waals surface area contributed by atoms with Crippen molar-refractivity contribution < 1.29 is 23.8 Å². The van der Waals surface area contributed by atoms with Gasteiger partial charge in [0.05, 0.1) is 24.4 Å². The Kier molecular flexibility index (Phi) is 7.33. The molecule has 0 bridgehead atoms. The first-order valence-corrected chi connectivity index (χ1v) is 13.7. The highest BCUT2D eigenvalue weighted by molar-refractivity contribution is 7.80. The van der Waals surface area contributed by atoms with Crippen molar-refractivity contribution in [3.63, 3.8) is 0 Å². The molecule has 0 unspecified atom stereocenters. The number of benzene rings is 3. The van der Waals surface area contributed by atoms with Crippen LogP contribution in [0.2, 0.25) is 0 Å². The first-order chi connectivity index (χ1) is 20.4. The van der Waals surface area contributed by atoms with Crippen molar-refractivity contribution in [2.45, 2.75) is 19.0 Å². The number of carbonyl (C=O) groups is 1. The molecule has 5 aromatic rings. The third-order valence-corrected chi connectivity index (χ3v) is 7.48. The molecule has 2 aromatic heterocycles. The Hall–Kier alpha value is -5.15. The monoisotopic (exact) mass is 577 g/mol. The van der Waals surface area contributed by atoms with Gasteiger partial charge in [0.2, 0.25) is 0 Å². The van der Waals surface area contributed by atoms with Crippen LogP contribution in [0.1, 0.15) is 39.5 Å². The first-order valence-electron chi connectivity index (χ1n) is 13.3. The van der Waals surface area contributed by atoms with Crippen LogP contribution in [0.4, 0.5) is 5.69 Å². The van der Waals surface area contributed by atoms with Crippen molar-refractivity contribution in [3.8, 4) is 28.6 Å². The van der Waals surface area contributed by atoms with Crippen molar-refractivity contribution in [3.05, 3.63) is 126 Å². The van der Waals surface area contributed by atoms with Gasteiger partial charge >= 0.3 is 5.97 Å². The number of hydrogen-bond donors (Lipinski definition) is 2. The number of carboxylic acids is 1. The molecule has 2 atom stereocenters. The molecule has 210 valence electrons. The van der Waals surface area contributed by atoms with Crippen LogP contribution in [0, 0.1) is 6.92 Å². The molecule has 0 spiro atoms. The summed E-state index contributed by atoms with van der Waals surface area (Å²) in [5.41, 5.74) is 3.54. The van der Waals surface area contributed by atoms with E-state index in [2.05, 4.69) is 10.3 Å². The number of nitrogens with zero attached hydrogens (tertiary/aromatic N) is 2. The van der Waals surface area contributed by atoms with Gasteiger partial charge in [-0.25, -0.2) is 4.79 Å². The number of ether oxygens (including phenoxy) is 2. The minimum atomic E-state index is -0.968. The van der Waals surface area contributed by atoms with Gasteiger partial charge in [-0.05, 0) is 110 Å². The number of aromatic carboxylic acids is 1. The van der Waals surface area contributed by atoms with Crippen LogP contribution in [0.25, 0.3) is 11.3 Å².